The highest BCUT2D eigenvalue weighted by molar-refractivity contribution is 5.95. The number of carbonyl (C=O) groups excluding carboxylic acids is 3. The number of imidazole rings is 1. The summed E-state index contributed by atoms with van der Waals surface area (Å²) in [6, 6.07) is 9.85. The van der Waals surface area contributed by atoms with E-state index in [0.29, 0.717) is 24.2 Å². The first-order valence-electron chi connectivity index (χ1n) is 14.4. The fraction of sp³-hybridized carbons (Fsp3) is 0.323. The molecule has 8 N–H and O–H groups in total. The molecule has 2 aromatic carbocycles. The van der Waals surface area contributed by atoms with E-state index in [0.717, 1.165) is 22.9 Å². The molecule has 0 spiro atoms. The van der Waals surface area contributed by atoms with E-state index in [4.69, 9.17) is 0 Å². The molecule has 4 unspecified atom stereocenters. The molecule has 4 aromatic rings. The largest absolute Gasteiger partial charge is 0.508 e. The number of nitrogens with zero attached hydrogens (tertiary/aromatic N) is 1. The summed E-state index contributed by atoms with van der Waals surface area (Å²) in [4.78, 5) is 62.5. The number of aromatic nitrogens is 3. The van der Waals surface area contributed by atoms with Gasteiger partial charge in [0.1, 0.15) is 23.9 Å². The predicted octanol–water partition coefficient (Wildman–Crippen LogP) is 0.916. The van der Waals surface area contributed by atoms with Crippen molar-refractivity contribution in [3.8, 4) is 5.75 Å². The number of phenolic OH excluding ortho intramolecular Hbond substituents is 1. The van der Waals surface area contributed by atoms with Gasteiger partial charge in [0, 0.05) is 48.3 Å². The Hall–Kier alpha value is -5.17. The molecule has 0 saturated carbocycles. The van der Waals surface area contributed by atoms with Crippen LogP contribution in [0, 0.1) is 0 Å². The summed E-state index contributed by atoms with van der Waals surface area (Å²) in [6.45, 7) is 0.697. The number of carbonyl (C=O) groups is 4. The Balaban J connectivity index is 1.39. The molecule has 13 nitrogen and oxygen atoms in total. The molecule has 4 atom stereocenters. The number of fused-ring (bicyclic) bond motifs is 1. The first kappa shape index (κ1) is 30.3. The zero-order valence-corrected chi connectivity index (χ0v) is 23.9. The van der Waals surface area contributed by atoms with Crippen LogP contribution in [0.25, 0.3) is 10.9 Å². The molecule has 1 aliphatic heterocycles. The predicted molar refractivity (Wildman–Crippen MR) is 161 cm³/mol. The summed E-state index contributed by atoms with van der Waals surface area (Å²) < 4.78 is 0. The molecule has 1 saturated heterocycles. The Labute approximate surface area is 252 Å². The average Bonchev–Trinajstić information content (AvgIpc) is 3.80. The summed E-state index contributed by atoms with van der Waals surface area (Å²) in [7, 11) is 0. The molecule has 44 heavy (non-hydrogen) atoms. The highest BCUT2D eigenvalue weighted by atomic mass is 16.4. The van der Waals surface area contributed by atoms with E-state index in [2.05, 4.69) is 36.2 Å². The molecule has 0 radical (unpaired) electrons. The second-order valence-corrected chi connectivity index (χ2v) is 10.9. The maximum Gasteiger partial charge on any atom is 0.326 e. The maximum atomic E-state index is 13.8. The number of nitrogens with one attached hydrogen (secondary N) is 6. The van der Waals surface area contributed by atoms with Gasteiger partial charge in [0.05, 0.1) is 12.4 Å². The monoisotopic (exact) mass is 601 g/mol. The summed E-state index contributed by atoms with van der Waals surface area (Å²) in [5.41, 5.74) is 2.80. The van der Waals surface area contributed by atoms with Crippen LogP contribution in [0.1, 0.15) is 29.7 Å². The van der Waals surface area contributed by atoms with Gasteiger partial charge in [-0.05, 0) is 48.7 Å². The molecule has 1 aliphatic rings. The number of aliphatic carboxylic acids is 1. The number of hydrogen-bond acceptors (Lipinski definition) is 7. The average molecular weight is 602 g/mol. The van der Waals surface area contributed by atoms with Crippen molar-refractivity contribution in [2.45, 2.75) is 56.3 Å². The van der Waals surface area contributed by atoms with Crippen LogP contribution in [0.3, 0.4) is 0 Å². The first-order valence-corrected chi connectivity index (χ1v) is 14.4. The molecule has 2 aromatic heterocycles. The van der Waals surface area contributed by atoms with Crippen LogP contribution < -0.4 is 21.3 Å². The fourth-order valence-electron chi connectivity index (χ4n) is 5.35. The normalized spacial score (nSPS) is 16.6. The van der Waals surface area contributed by atoms with Crippen LogP contribution in [0.5, 0.6) is 5.75 Å². The van der Waals surface area contributed by atoms with Gasteiger partial charge in [0.25, 0.3) is 0 Å². The van der Waals surface area contributed by atoms with Crippen molar-refractivity contribution >= 4 is 34.6 Å². The highest BCUT2D eigenvalue weighted by Gasteiger charge is 2.32. The molecule has 0 bridgehead atoms. The number of para-hydroxylation sites is 1. The lowest BCUT2D eigenvalue weighted by atomic mass is 10.0. The second-order valence-electron chi connectivity index (χ2n) is 10.9. The Kier molecular flexibility index (Phi) is 9.55. The SMILES string of the molecule is O=C(O)C(Cc1cnc[nH]1)NC(=O)C(Cc1c[nH]c2ccccc12)NC(=O)C(Cc1ccc(O)cc1)NC(=O)C1CCCN1. The van der Waals surface area contributed by atoms with Gasteiger partial charge in [-0.1, -0.05) is 30.3 Å². The van der Waals surface area contributed by atoms with Gasteiger partial charge < -0.3 is 41.4 Å². The summed E-state index contributed by atoms with van der Waals surface area (Å²) >= 11 is 0. The Morgan fingerprint density at radius 2 is 1.61 bits per heavy atom. The zero-order valence-electron chi connectivity index (χ0n) is 23.9. The maximum absolute atomic E-state index is 13.8. The van der Waals surface area contributed by atoms with Gasteiger partial charge in [-0.15, -0.1) is 0 Å². The molecule has 0 aliphatic carbocycles. The molecule has 230 valence electrons. The topological polar surface area (TPSA) is 201 Å². The van der Waals surface area contributed by atoms with Crippen LogP contribution in [0.4, 0.5) is 0 Å². The van der Waals surface area contributed by atoms with Gasteiger partial charge >= 0.3 is 5.97 Å². The van der Waals surface area contributed by atoms with Crippen LogP contribution in [0.2, 0.25) is 0 Å². The van der Waals surface area contributed by atoms with Gasteiger partial charge in [0.15, 0.2) is 0 Å². The Morgan fingerprint density at radius 3 is 2.30 bits per heavy atom. The van der Waals surface area contributed by atoms with E-state index in [9.17, 15) is 29.4 Å². The molecular weight excluding hydrogens is 566 g/mol. The number of phenols is 1. The quantitative estimate of drug-likeness (QED) is 0.110. The van der Waals surface area contributed by atoms with E-state index in [1.165, 1.54) is 24.7 Å². The van der Waals surface area contributed by atoms with Crippen LogP contribution in [-0.2, 0) is 38.4 Å². The number of carboxylic acid groups (broad SMARTS) is 1. The standard InChI is InChI=1S/C31H35N7O6/c39-21-9-7-18(8-10-21)12-25(36-28(40)24-6-3-11-33-24)29(41)37-26(13-19-15-34-23-5-2-1-4-22(19)23)30(42)38-27(31(43)44)14-20-16-32-17-35-20/h1-2,4-5,7-10,15-17,24-27,33-34,39H,3,6,11-14H2,(H,32,35)(H,36,40)(H,37,41)(H,38,42)(H,43,44). The third-order valence-electron chi connectivity index (χ3n) is 7.71. The number of H-pyrrole nitrogens is 2. The molecular formula is C31H35N7O6. The zero-order chi connectivity index (χ0) is 31.1. The molecule has 13 heteroatoms. The van der Waals surface area contributed by atoms with Crippen molar-refractivity contribution in [1.29, 1.82) is 0 Å². The number of aromatic amines is 2. The van der Waals surface area contributed by atoms with E-state index in [1.807, 2.05) is 24.3 Å². The lowest BCUT2D eigenvalue weighted by Crippen LogP contribution is -2.58. The first-order chi connectivity index (χ1) is 21.3. The van der Waals surface area contributed by atoms with Crippen LogP contribution in [0.15, 0.2) is 67.3 Å². The van der Waals surface area contributed by atoms with Crippen LogP contribution in [-0.4, -0.2) is 79.6 Å². The van der Waals surface area contributed by atoms with E-state index in [-0.39, 0.29) is 30.9 Å². The number of benzene rings is 2. The van der Waals surface area contributed by atoms with Gasteiger partial charge in [-0.25, -0.2) is 9.78 Å². The van der Waals surface area contributed by atoms with Crippen molar-refractivity contribution in [3.63, 3.8) is 0 Å². The van der Waals surface area contributed by atoms with E-state index < -0.39 is 42.0 Å². The molecule has 5 rings (SSSR count). The minimum atomic E-state index is -1.29. The third kappa shape index (κ3) is 7.61. The van der Waals surface area contributed by atoms with Gasteiger partial charge in [-0.3, -0.25) is 14.4 Å². The number of carboxylic acids is 1. The lowest BCUT2D eigenvalue weighted by molar-refractivity contribution is -0.142. The van der Waals surface area contributed by atoms with E-state index >= 15 is 0 Å². The highest BCUT2D eigenvalue weighted by Crippen LogP contribution is 2.20. The van der Waals surface area contributed by atoms with Crippen molar-refractivity contribution < 1.29 is 29.4 Å². The van der Waals surface area contributed by atoms with Crippen molar-refractivity contribution in [2.24, 2.45) is 0 Å². The van der Waals surface area contributed by atoms with Gasteiger partial charge in [-0.2, -0.15) is 0 Å². The lowest BCUT2D eigenvalue weighted by Gasteiger charge is -2.25. The molecule has 3 heterocycles. The number of hydrogen-bond donors (Lipinski definition) is 8. The minimum Gasteiger partial charge on any atom is -0.508 e. The Bertz CT molecular complexity index is 1600. The van der Waals surface area contributed by atoms with Crippen molar-refractivity contribution in [1.82, 2.24) is 36.2 Å². The van der Waals surface area contributed by atoms with Crippen molar-refractivity contribution in [3.05, 3.63) is 84.1 Å². The number of rotatable bonds is 13. The van der Waals surface area contributed by atoms with Gasteiger partial charge in [0.2, 0.25) is 17.7 Å². The summed E-state index contributed by atoms with van der Waals surface area (Å²) in [5, 5.41) is 31.7. The summed E-state index contributed by atoms with van der Waals surface area (Å²) in [5.74, 6) is -2.81. The fourth-order valence-corrected chi connectivity index (χ4v) is 5.35. The molecule has 3 amide bonds. The van der Waals surface area contributed by atoms with E-state index in [1.54, 1.807) is 18.3 Å². The third-order valence-corrected chi connectivity index (χ3v) is 7.71. The molecule has 1 fully saturated rings. The summed E-state index contributed by atoms with van der Waals surface area (Å²) in [6.07, 6.45) is 6.23. The second kappa shape index (κ2) is 13.9. The van der Waals surface area contributed by atoms with Crippen molar-refractivity contribution in [2.75, 3.05) is 6.54 Å². The van der Waals surface area contributed by atoms with Crippen LogP contribution >= 0.6 is 0 Å². The minimum absolute atomic E-state index is 0.0389. The Morgan fingerprint density at radius 1 is 0.886 bits per heavy atom. The number of aromatic hydroxyl groups is 1. The smallest absolute Gasteiger partial charge is 0.326 e. The number of amides is 3.